The maximum Gasteiger partial charge on any atom is 0.349 e. The lowest BCUT2D eigenvalue weighted by atomic mass is 9.92. The van der Waals surface area contributed by atoms with Crippen LogP contribution in [0.3, 0.4) is 0 Å². The molecule has 0 aromatic heterocycles. The minimum Gasteiger partial charge on any atom is -0.461 e. The van der Waals surface area contributed by atoms with E-state index in [1.807, 2.05) is 36.4 Å². The Hall–Kier alpha value is -2.86. The molecule has 0 aliphatic heterocycles. The normalized spacial score (nSPS) is 13.1. The van der Waals surface area contributed by atoms with Gasteiger partial charge in [-0.3, -0.25) is 0 Å². The van der Waals surface area contributed by atoms with Gasteiger partial charge >= 0.3 is 5.97 Å². The Kier molecular flexibility index (Phi) is 10.3. The van der Waals surface area contributed by atoms with Gasteiger partial charge in [-0.05, 0) is 23.5 Å². The molecule has 0 bridgehead atoms. The molecule has 0 radical (unpaired) electrons. The first-order valence-corrected chi connectivity index (χ1v) is 9.45. The largest absolute Gasteiger partial charge is 0.461 e. The topological polar surface area (TPSA) is 50.1 Å². The summed E-state index contributed by atoms with van der Waals surface area (Å²) < 4.78 is 5.51. The fraction of sp³-hybridized carbons (Fsp3) is 0.333. The van der Waals surface area contributed by atoms with Crippen LogP contribution in [0.5, 0.6) is 0 Å². The van der Waals surface area contributed by atoms with Crippen LogP contribution in [-0.2, 0) is 9.53 Å². The summed E-state index contributed by atoms with van der Waals surface area (Å²) in [5, 5.41) is 9.71. The molecule has 0 aliphatic rings. The lowest BCUT2D eigenvalue weighted by Crippen LogP contribution is -2.16. The summed E-state index contributed by atoms with van der Waals surface area (Å²) in [5.41, 5.74) is 1.92. The van der Waals surface area contributed by atoms with Crippen LogP contribution in [0.1, 0.15) is 45.1 Å². The smallest absolute Gasteiger partial charge is 0.349 e. The molecule has 1 aromatic rings. The number of nitrogens with zero attached hydrogens (tertiary/aromatic N) is 1. The average molecular weight is 364 g/mol. The minimum absolute atomic E-state index is 0.0143. The molecule has 1 rings (SSSR count). The first-order chi connectivity index (χ1) is 13.1. The predicted octanol–water partition coefficient (Wildman–Crippen LogP) is 6.02. The maximum atomic E-state index is 12.7. The van der Waals surface area contributed by atoms with Crippen LogP contribution in [0.15, 0.2) is 72.9 Å². The second kappa shape index (κ2) is 12.5. The van der Waals surface area contributed by atoms with Gasteiger partial charge in [0.15, 0.2) is 0 Å². The molecule has 0 N–H and O–H groups in total. The highest BCUT2D eigenvalue weighted by molar-refractivity contribution is 6.05. The summed E-state index contributed by atoms with van der Waals surface area (Å²) in [5.74, 6) is -0.278. The van der Waals surface area contributed by atoms with Crippen molar-refractivity contribution < 1.29 is 9.53 Å². The van der Waals surface area contributed by atoms with Crippen molar-refractivity contribution in [3.63, 3.8) is 0 Å². The number of carbonyl (C=O) groups is 1. The van der Waals surface area contributed by atoms with Crippen molar-refractivity contribution in [3.8, 4) is 6.07 Å². The fourth-order valence-electron chi connectivity index (χ4n) is 2.81. The van der Waals surface area contributed by atoms with Gasteiger partial charge in [-0.2, -0.15) is 5.26 Å². The first-order valence-electron chi connectivity index (χ1n) is 9.45. The van der Waals surface area contributed by atoms with E-state index in [9.17, 15) is 10.1 Å². The number of hydrogen-bond donors (Lipinski definition) is 0. The zero-order valence-electron chi connectivity index (χ0n) is 16.4. The third kappa shape index (κ3) is 6.75. The second-order valence-electron chi connectivity index (χ2n) is 6.30. The second-order valence-corrected chi connectivity index (χ2v) is 6.30. The Balaban J connectivity index is 3.24. The number of hydrogen-bond acceptors (Lipinski definition) is 3. The summed E-state index contributed by atoms with van der Waals surface area (Å²) in [6, 6.07) is 11.4. The van der Waals surface area contributed by atoms with Gasteiger partial charge in [-0.15, -0.1) is 0 Å². The average Bonchev–Trinajstić information content (AvgIpc) is 2.71. The van der Waals surface area contributed by atoms with Crippen LogP contribution < -0.4 is 0 Å². The van der Waals surface area contributed by atoms with Crippen molar-refractivity contribution in [2.24, 2.45) is 5.92 Å². The number of nitriles is 1. The lowest BCUT2D eigenvalue weighted by molar-refractivity contribution is -0.139. The standard InChI is InChI=1S/C24H29NO2/c1-5-9-14-19(7-3)18-27-24(26)22(17-25)23(20(8-4)13-6-2)21-15-11-10-12-16-21/h6,8,10-13,15-16,19H,2,4-5,7,9,14,18H2,1,3H3. The Morgan fingerprint density at radius 2 is 1.96 bits per heavy atom. The van der Waals surface area contributed by atoms with E-state index in [2.05, 4.69) is 27.0 Å². The van der Waals surface area contributed by atoms with E-state index in [1.54, 1.807) is 18.2 Å². The Morgan fingerprint density at radius 3 is 2.48 bits per heavy atom. The van der Waals surface area contributed by atoms with Crippen LogP contribution in [-0.4, -0.2) is 12.6 Å². The van der Waals surface area contributed by atoms with E-state index < -0.39 is 5.97 Å². The summed E-state index contributed by atoms with van der Waals surface area (Å²) >= 11 is 0. The number of benzene rings is 1. The van der Waals surface area contributed by atoms with Gasteiger partial charge in [0.2, 0.25) is 0 Å². The Bertz CT molecular complexity index is 735. The van der Waals surface area contributed by atoms with Gasteiger partial charge in [0.05, 0.1) is 6.61 Å². The van der Waals surface area contributed by atoms with Crippen molar-refractivity contribution in [1.82, 2.24) is 0 Å². The van der Waals surface area contributed by atoms with Crippen molar-refractivity contribution in [2.75, 3.05) is 6.61 Å². The quantitative estimate of drug-likeness (QED) is 0.209. The van der Waals surface area contributed by atoms with Crippen LogP contribution in [0.4, 0.5) is 0 Å². The highest BCUT2D eigenvalue weighted by atomic mass is 16.5. The molecule has 0 saturated heterocycles. The molecule has 0 spiro atoms. The number of ether oxygens (including phenoxy) is 1. The number of carbonyl (C=O) groups excluding carboxylic acids is 1. The van der Waals surface area contributed by atoms with Crippen molar-refractivity contribution in [3.05, 3.63) is 78.4 Å². The molecule has 1 aromatic carbocycles. The summed E-state index contributed by atoms with van der Waals surface area (Å²) in [7, 11) is 0. The molecular formula is C24H29NO2. The Labute approximate surface area is 163 Å². The van der Waals surface area contributed by atoms with Gasteiger partial charge in [0, 0.05) is 5.57 Å². The van der Waals surface area contributed by atoms with E-state index >= 15 is 0 Å². The zero-order chi connectivity index (χ0) is 20.1. The minimum atomic E-state index is -0.594. The molecule has 1 unspecified atom stereocenters. The molecule has 3 heteroatoms. The lowest BCUT2D eigenvalue weighted by Gasteiger charge is -2.16. The number of esters is 1. The number of allylic oxidation sites excluding steroid dienone is 5. The number of unbranched alkanes of at least 4 members (excludes halogenated alkanes) is 1. The molecule has 27 heavy (non-hydrogen) atoms. The highest BCUT2D eigenvalue weighted by Gasteiger charge is 2.21. The van der Waals surface area contributed by atoms with Gasteiger partial charge in [-0.1, -0.05) is 94.8 Å². The van der Waals surface area contributed by atoms with Crippen LogP contribution in [0.25, 0.3) is 5.57 Å². The molecule has 0 saturated carbocycles. The monoisotopic (exact) mass is 363 g/mol. The van der Waals surface area contributed by atoms with Gasteiger partial charge in [-0.25, -0.2) is 4.79 Å². The van der Waals surface area contributed by atoms with E-state index in [4.69, 9.17) is 4.74 Å². The van der Waals surface area contributed by atoms with Crippen LogP contribution in [0, 0.1) is 17.2 Å². The van der Waals surface area contributed by atoms with Gasteiger partial charge < -0.3 is 4.74 Å². The molecule has 0 fully saturated rings. The summed E-state index contributed by atoms with van der Waals surface area (Å²) in [6.07, 6.45) is 9.14. The summed E-state index contributed by atoms with van der Waals surface area (Å²) in [4.78, 5) is 12.7. The third-order valence-corrected chi connectivity index (χ3v) is 4.43. The molecule has 142 valence electrons. The fourth-order valence-corrected chi connectivity index (χ4v) is 2.81. The highest BCUT2D eigenvalue weighted by Crippen LogP contribution is 2.28. The van der Waals surface area contributed by atoms with Crippen molar-refractivity contribution >= 4 is 11.5 Å². The van der Waals surface area contributed by atoms with Gasteiger partial charge in [0.25, 0.3) is 0 Å². The van der Waals surface area contributed by atoms with Crippen LogP contribution >= 0.6 is 0 Å². The Morgan fingerprint density at radius 1 is 1.26 bits per heavy atom. The SMILES string of the molecule is C=CC=C(C=C)C(=C(C#N)C(=O)OCC(CC)CCCC)c1ccccc1. The van der Waals surface area contributed by atoms with Crippen LogP contribution in [0.2, 0.25) is 0 Å². The predicted molar refractivity (Wildman–Crippen MR) is 112 cm³/mol. The molecular weight excluding hydrogens is 334 g/mol. The van der Waals surface area contributed by atoms with E-state index in [0.717, 1.165) is 31.2 Å². The first kappa shape index (κ1) is 22.2. The third-order valence-electron chi connectivity index (χ3n) is 4.43. The molecule has 1 atom stereocenters. The van der Waals surface area contributed by atoms with E-state index in [-0.39, 0.29) is 5.57 Å². The summed E-state index contributed by atoms with van der Waals surface area (Å²) in [6.45, 7) is 12.1. The zero-order valence-corrected chi connectivity index (χ0v) is 16.4. The molecule has 0 aliphatic carbocycles. The molecule has 0 amide bonds. The van der Waals surface area contributed by atoms with Crippen molar-refractivity contribution in [2.45, 2.75) is 39.5 Å². The maximum absolute atomic E-state index is 12.7. The van der Waals surface area contributed by atoms with E-state index in [0.29, 0.717) is 23.7 Å². The van der Waals surface area contributed by atoms with Crippen molar-refractivity contribution in [1.29, 1.82) is 5.26 Å². The molecule has 3 nitrogen and oxygen atoms in total. The van der Waals surface area contributed by atoms with Gasteiger partial charge in [0.1, 0.15) is 11.6 Å². The number of rotatable bonds is 11. The molecule has 0 heterocycles. The van der Waals surface area contributed by atoms with E-state index in [1.165, 1.54) is 0 Å².